The van der Waals surface area contributed by atoms with Crippen LogP contribution < -0.4 is 10.2 Å². The van der Waals surface area contributed by atoms with Gasteiger partial charge in [0.25, 0.3) is 5.91 Å². The van der Waals surface area contributed by atoms with Crippen LogP contribution in [0.3, 0.4) is 0 Å². The molecule has 0 aromatic carbocycles. The Morgan fingerprint density at radius 2 is 2.00 bits per heavy atom. The van der Waals surface area contributed by atoms with E-state index in [-0.39, 0.29) is 5.91 Å². The van der Waals surface area contributed by atoms with Crippen LogP contribution in [0.4, 0.5) is 17.3 Å². The number of amides is 1. The van der Waals surface area contributed by atoms with Crippen LogP contribution in [0.15, 0.2) is 24.4 Å². The monoisotopic (exact) mass is 308 g/mol. The fourth-order valence-corrected chi connectivity index (χ4v) is 2.99. The molecule has 23 heavy (non-hydrogen) atoms. The van der Waals surface area contributed by atoms with Crippen LogP contribution in [0.25, 0.3) is 0 Å². The summed E-state index contributed by atoms with van der Waals surface area (Å²) < 4.78 is 0. The minimum atomic E-state index is -0.108. The highest BCUT2D eigenvalue weighted by atomic mass is 16.1. The maximum atomic E-state index is 12.7. The van der Waals surface area contributed by atoms with Crippen LogP contribution in [0.5, 0.6) is 0 Å². The van der Waals surface area contributed by atoms with E-state index < -0.39 is 0 Å². The maximum absolute atomic E-state index is 12.7. The zero-order valence-electron chi connectivity index (χ0n) is 13.6. The summed E-state index contributed by atoms with van der Waals surface area (Å²) in [6, 6.07) is 6.14. The second-order valence-electron chi connectivity index (χ2n) is 6.64. The predicted octanol–water partition coefficient (Wildman–Crippen LogP) is 3.77. The molecule has 118 valence electrons. The number of nitrogens with zero attached hydrogens (tertiary/aromatic N) is 3. The number of carbonyl (C=O) groups excluding carboxylic acids is 1. The first kappa shape index (κ1) is 14.2. The summed E-state index contributed by atoms with van der Waals surface area (Å²) in [6.45, 7) is 6.22. The van der Waals surface area contributed by atoms with Gasteiger partial charge in [0.05, 0.1) is 11.3 Å². The number of aryl methyl sites for hydroxylation is 1. The van der Waals surface area contributed by atoms with Crippen LogP contribution in [-0.4, -0.2) is 21.9 Å². The highest BCUT2D eigenvalue weighted by Crippen LogP contribution is 2.44. The van der Waals surface area contributed by atoms with Gasteiger partial charge in [0.2, 0.25) is 0 Å². The summed E-state index contributed by atoms with van der Waals surface area (Å²) in [5.74, 6) is 1.77. The number of fused-ring (bicyclic) bond motifs is 2. The lowest BCUT2D eigenvalue weighted by Crippen LogP contribution is -2.23. The molecule has 1 amide bonds. The normalized spacial score (nSPS) is 16.7. The van der Waals surface area contributed by atoms with Crippen LogP contribution in [0.1, 0.15) is 54.2 Å². The molecule has 5 heteroatoms. The Morgan fingerprint density at radius 3 is 2.70 bits per heavy atom. The van der Waals surface area contributed by atoms with Crippen molar-refractivity contribution in [1.82, 2.24) is 9.97 Å². The fourth-order valence-electron chi connectivity index (χ4n) is 2.99. The van der Waals surface area contributed by atoms with Crippen molar-refractivity contribution in [2.24, 2.45) is 0 Å². The molecular weight excluding hydrogens is 288 g/mol. The first-order chi connectivity index (χ1) is 11.1. The summed E-state index contributed by atoms with van der Waals surface area (Å²) >= 11 is 0. The second-order valence-corrected chi connectivity index (χ2v) is 6.64. The first-order valence-electron chi connectivity index (χ1n) is 8.13. The van der Waals surface area contributed by atoms with Crippen molar-refractivity contribution in [1.29, 1.82) is 0 Å². The van der Waals surface area contributed by atoms with E-state index in [1.807, 2.05) is 25.1 Å². The van der Waals surface area contributed by atoms with Crippen molar-refractivity contribution in [3.63, 3.8) is 0 Å². The van der Waals surface area contributed by atoms with Gasteiger partial charge >= 0.3 is 0 Å². The molecule has 1 aliphatic carbocycles. The zero-order valence-corrected chi connectivity index (χ0v) is 13.6. The van der Waals surface area contributed by atoms with E-state index in [9.17, 15) is 4.79 Å². The molecule has 0 atom stereocenters. The number of carbonyl (C=O) groups is 1. The van der Waals surface area contributed by atoms with Crippen LogP contribution in [-0.2, 0) is 0 Å². The molecule has 1 fully saturated rings. The highest BCUT2D eigenvalue weighted by molar-refractivity contribution is 6.12. The van der Waals surface area contributed by atoms with Gasteiger partial charge in [-0.3, -0.25) is 4.79 Å². The van der Waals surface area contributed by atoms with Gasteiger partial charge in [-0.05, 0) is 49.4 Å². The summed E-state index contributed by atoms with van der Waals surface area (Å²) in [5.41, 5.74) is 3.44. The third kappa shape index (κ3) is 2.27. The third-order valence-corrected chi connectivity index (χ3v) is 4.48. The van der Waals surface area contributed by atoms with Gasteiger partial charge in [-0.15, -0.1) is 0 Å². The first-order valence-corrected chi connectivity index (χ1v) is 8.13. The molecule has 0 unspecified atom stereocenters. The van der Waals surface area contributed by atoms with E-state index in [4.69, 9.17) is 4.98 Å². The van der Waals surface area contributed by atoms with E-state index >= 15 is 0 Å². The molecule has 1 N–H and O–H groups in total. The predicted molar refractivity (Wildman–Crippen MR) is 90.4 cm³/mol. The maximum Gasteiger partial charge on any atom is 0.259 e. The smallest absolute Gasteiger partial charge is 0.259 e. The van der Waals surface area contributed by atoms with Crippen molar-refractivity contribution >= 4 is 23.2 Å². The molecule has 1 saturated carbocycles. The molecule has 1 aliphatic heterocycles. The average molecular weight is 308 g/mol. The highest BCUT2D eigenvalue weighted by Gasteiger charge is 2.38. The summed E-state index contributed by atoms with van der Waals surface area (Å²) in [6.07, 6.45) is 4.01. The Hall–Kier alpha value is -2.43. The van der Waals surface area contributed by atoms with Gasteiger partial charge < -0.3 is 10.2 Å². The van der Waals surface area contributed by atoms with Gasteiger partial charge in [0, 0.05) is 17.9 Å². The molecule has 0 radical (unpaired) electrons. The van der Waals surface area contributed by atoms with E-state index in [0.29, 0.717) is 17.5 Å². The van der Waals surface area contributed by atoms with Gasteiger partial charge in [-0.1, -0.05) is 13.8 Å². The average Bonchev–Trinajstić information content (AvgIpc) is 3.35. The van der Waals surface area contributed by atoms with Crippen LogP contribution in [0, 0.1) is 6.92 Å². The van der Waals surface area contributed by atoms with Crippen LogP contribution >= 0.6 is 0 Å². The van der Waals surface area contributed by atoms with Crippen molar-refractivity contribution in [2.75, 3.05) is 10.2 Å². The van der Waals surface area contributed by atoms with Gasteiger partial charge in [0.15, 0.2) is 5.82 Å². The topological polar surface area (TPSA) is 58.1 Å². The largest absolute Gasteiger partial charge is 0.318 e. The second kappa shape index (κ2) is 5.05. The lowest BCUT2D eigenvalue weighted by atomic mass is 10.1. The third-order valence-electron chi connectivity index (χ3n) is 4.48. The minimum absolute atomic E-state index is 0.108. The number of hydrogen-bond donors (Lipinski definition) is 1. The lowest BCUT2D eigenvalue weighted by molar-refractivity contribution is 0.102. The summed E-state index contributed by atoms with van der Waals surface area (Å²) in [7, 11) is 0. The van der Waals surface area contributed by atoms with E-state index in [2.05, 4.69) is 29.0 Å². The summed E-state index contributed by atoms with van der Waals surface area (Å²) in [5, 5.41) is 3.03. The zero-order chi connectivity index (χ0) is 16.1. The number of anilines is 3. The van der Waals surface area contributed by atoms with Crippen LogP contribution in [0.2, 0.25) is 0 Å². The molecule has 2 aliphatic rings. The molecule has 2 aromatic heterocycles. The van der Waals surface area contributed by atoms with E-state index in [1.165, 1.54) is 0 Å². The quantitative estimate of drug-likeness (QED) is 0.917. The molecule has 2 aromatic rings. The molecule has 3 heterocycles. The Morgan fingerprint density at radius 1 is 1.22 bits per heavy atom. The lowest BCUT2D eigenvalue weighted by Gasteiger charge is -2.24. The number of aromatic nitrogens is 2. The van der Waals surface area contributed by atoms with Gasteiger partial charge in [-0.2, -0.15) is 0 Å². The Labute approximate surface area is 135 Å². The number of pyridine rings is 2. The molecule has 4 rings (SSSR count). The van der Waals surface area contributed by atoms with Crippen molar-refractivity contribution in [3.05, 3.63) is 41.2 Å². The van der Waals surface area contributed by atoms with Crippen molar-refractivity contribution in [3.8, 4) is 0 Å². The minimum Gasteiger partial charge on any atom is -0.318 e. The molecule has 0 spiro atoms. The standard InChI is InChI=1S/C18H20N4O/c1-10(2)14-7-6-13-16(20-14)22(12-4-5-12)17-15(21-18(13)23)11(3)8-9-19-17/h6-10,12H,4-5H2,1-3H3,(H,21,23). The number of nitrogens with one attached hydrogen (secondary N) is 1. The van der Waals surface area contributed by atoms with Crippen molar-refractivity contribution in [2.45, 2.75) is 45.6 Å². The number of rotatable bonds is 2. The van der Waals surface area contributed by atoms with Gasteiger partial charge in [0.1, 0.15) is 5.82 Å². The van der Waals surface area contributed by atoms with E-state index in [1.54, 1.807) is 6.20 Å². The van der Waals surface area contributed by atoms with Gasteiger partial charge in [-0.25, -0.2) is 9.97 Å². The Balaban J connectivity index is 1.97. The molecule has 5 nitrogen and oxygen atoms in total. The SMILES string of the molecule is Cc1ccnc2c1NC(=O)c1ccc(C(C)C)nc1N2C1CC1. The Kier molecular flexibility index (Phi) is 3.11. The molecule has 0 saturated heterocycles. The molecule has 0 bridgehead atoms. The number of hydrogen-bond acceptors (Lipinski definition) is 4. The Bertz CT molecular complexity index is 796. The summed E-state index contributed by atoms with van der Waals surface area (Å²) in [4.78, 5) is 24.2. The van der Waals surface area contributed by atoms with Crippen molar-refractivity contribution < 1.29 is 4.79 Å². The molecular formula is C18H20N4O. The van der Waals surface area contributed by atoms with E-state index in [0.717, 1.165) is 41.4 Å². The fraction of sp³-hybridized carbons (Fsp3) is 0.389.